The first-order chi connectivity index (χ1) is 8.38. The first-order valence-corrected chi connectivity index (χ1v) is 8.35. The Balaban J connectivity index is 1.81. The Morgan fingerprint density at radius 3 is 2.59 bits per heavy atom. The van der Waals surface area contributed by atoms with Gasteiger partial charge in [0, 0.05) is 10.5 Å². The number of ether oxygens (including phenoxy) is 1. The fourth-order valence-electron chi connectivity index (χ4n) is 2.88. The number of fused-ring (bicyclic) bond motifs is 1. The molecule has 17 heavy (non-hydrogen) atoms. The molecule has 3 atom stereocenters. The maximum absolute atomic E-state index is 5.23. The summed E-state index contributed by atoms with van der Waals surface area (Å²) in [6.07, 6.45) is 2.81. The molecule has 2 heterocycles. The first kappa shape index (κ1) is 11.8. The van der Waals surface area contributed by atoms with Crippen molar-refractivity contribution in [2.75, 3.05) is 18.6 Å². The van der Waals surface area contributed by atoms with Crippen LogP contribution in [-0.4, -0.2) is 23.9 Å². The van der Waals surface area contributed by atoms with E-state index in [4.69, 9.17) is 4.74 Å². The van der Waals surface area contributed by atoms with Gasteiger partial charge in [-0.05, 0) is 48.0 Å². The predicted molar refractivity (Wildman–Crippen MR) is 77.2 cm³/mol. The predicted octanol–water partition coefficient (Wildman–Crippen LogP) is 3.99. The fraction of sp³-hybridized carbons (Fsp3) is 0.571. The molecule has 0 aromatic heterocycles. The molecule has 0 aliphatic carbocycles. The van der Waals surface area contributed by atoms with Crippen molar-refractivity contribution in [3.63, 3.8) is 0 Å². The molecule has 0 unspecified atom stereocenters. The minimum Gasteiger partial charge on any atom is -0.497 e. The van der Waals surface area contributed by atoms with E-state index in [1.165, 1.54) is 29.9 Å². The minimum atomic E-state index is 0.717. The average Bonchev–Trinajstić information content (AvgIpc) is 2.87. The van der Waals surface area contributed by atoms with Crippen LogP contribution in [0.5, 0.6) is 5.75 Å². The van der Waals surface area contributed by atoms with Gasteiger partial charge in [0.05, 0.1) is 7.11 Å². The normalized spacial score (nSPS) is 32.2. The molecule has 0 spiro atoms. The van der Waals surface area contributed by atoms with Gasteiger partial charge < -0.3 is 4.74 Å². The maximum Gasteiger partial charge on any atom is 0.118 e. The van der Waals surface area contributed by atoms with Crippen molar-refractivity contribution in [3.05, 3.63) is 29.8 Å². The average molecular weight is 266 g/mol. The van der Waals surface area contributed by atoms with Crippen molar-refractivity contribution in [2.45, 2.75) is 23.3 Å². The molecule has 1 nitrogen and oxygen atoms in total. The molecule has 2 fully saturated rings. The fourth-order valence-corrected chi connectivity index (χ4v) is 6.23. The molecule has 0 radical (unpaired) electrons. The molecule has 0 amide bonds. The van der Waals surface area contributed by atoms with Gasteiger partial charge in [-0.15, -0.1) is 0 Å². The SMILES string of the molecule is COc1ccc([C@@H]2SCC[C@@H]3SCC[C@H]32)cc1. The zero-order valence-corrected chi connectivity index (χ0v) is 11.7. The van der Waals surface area contributed by atoms with Crippen LogP contribution >= 0.6 is 23.5 Å². The van der Waals surface area contributed by atoms with Crippen LogP contribution in [0, 0.1) is 5.92 Å². The van der Waals surface area contributed by atoms with E-state index in [1.54, 1.807) is 7.11 Å². The van der Waals surface area contributed by atoms with Gasteiger partial charge in [-0.2, -0.15) is 23.5 Å². The smallest absolute Gasteiger partial charge is 0.118 e. The summed E-state index contributed by atoms with van der Waals surface area (Å²) >= 11 is 4.35. The molecular formula is C14H18OS2. The zero-order valence-electron chi connectivity index (χ0n) is 10.1. The highest BCUT2D eigenvalue weighted by atomic mass is 32.2. The second-order valence-corrected chi connectivity index (χ2v) is 7.31. The summed E-state index contributed by atoms with van der Waals surface area (Å²) in [5, 5.41) is 1.64. The van der Waals surface area contributed by atoms with Crippen LogP contribution in [-0.2, 0) is 0 Å². The Kier molecular flexibility index (Phi) is 3.57. The monoisotopic (exact) mass is 266 g/mol. The van der Waals surface area contributed by atoms with E-state index in [2.05, 4.69) is 47.8 Å². The van der Waals surface area contributed by atoms with Crippen molar-refractivity contribution < 1.29 is 4.74 Å². The molecule has 1 aromatic rings. The number of hydrogen-bond donors (Lipinski definition) is 0. The van der Waals surface area contributed by atoms with Gasteiger partial charge in [0.25, 0.3) is 0 Å². The molecule has 92 valence electrons. The van der Waals surface area contributed by atoms with E-state index in [0.717, 1.165) is 22.2 Å². The van der Waals surface area contributed by atoms with Crippen LogP contribution in [0.3, 0.4) is 0 Å². The van der Waals surface area contributed by atoms with Gasteiger partial charge in [0.2, 0.25) is 0 Å². The van der Waals surface area contributed by atoms with Crippen LogP contribution in [0.15, 0.2) is 24.3 Å². The van der Waals surface area contributed by atoms with E-state index in [0.29, 0.717) is 0 Å². The minimum absolute atomic E-state index is 0.717. The summed E-state index contributed by atoms with van der Waals surface area (Å²) in [7, 11) is 1.73. The summed E-state index contributed by atoms with van der Waals surface area (Å²) in [6.45, 7) is 0. The summed E-state index contributed by atoms with van der Waals surface area (Å²) in [4.78, 5) is 0. The Morgan fingerprint density at radius 1 is 1.06 bits per heavy atom. The molecule has 3 heteroatoms. The zero-order chi connectivity index (χ0) is 11.7. The second kappa shape index (κ2) is 5.15. The summed E-state index contributed by atoms with van der Waals surface area (Å²) in [5.41, 5.74) is 1.49. The third kappa shape index (κ3) is 2.32. The van der Waals surface area contributed by atoms with E-state index in [-0.39, 0.29) is 0 Å². The van der Waals surface area contributed by atoms with Crippen molar-refractivity contribution in [3.8, 4) is 5.75 Å². The Morgan fingerprint density at radius 2 is 1.82 bits per heavy atom. The Hall–Kier alpha value is -0.280. The second-order valence-electron chi connectivity index (χ2n) is 4.71. The van der Waals surface area contributed by atoms with Gasteiger partial charge in [0.15, 0.2) is 0 Å². The van der Waals surface area contributed by atoms with Crippen LogP contribution in [0.1, 0.15) is 23.7 Å². The van der Waals surface area contributed by atoms with Crippen molar-refractivity contribution in [1.82, 2.24) is 0 Å². The lowest BCUT2D eigenvalue weighted by molar-refractivity contribution is 0.414. The summed E-state index contributed by atoms with van der Waals surface area (Å²) in [6, 6.07) is 8.70. The van der Waals surface area contributed by atoms with Crippen LogP contribution in [0.2, 0.25) is 0 Å². The van der Waals surface area contributed by atoms with Crippen molar-refractivity contribution >= 4 is 23.5 Å². The molecule has 0 saturated carbocycles. The summed E-state index contributed by atoms with van der Waals surface area (Å²) < 4.78 is 5.23. The molecular weight excluding hydrogens is 248 g/mol. The molecule has 2 aliphatic heterocycles. The highest BCUT2D eigenvalue weighted by molar-refractivity contribution is 8.01. The number of benzene rings is 1. The van der Waals surface area contributed by atoms with Crippen LogP contribution < -0.4 is 4.74 Å². The third-order valence-electron chi connectivity index (χ3n) is 3.79. The van der Waals surface area contributed by atoms with Crippen LogP contribution in [0.4, 0.5) is 0 Å². The highest BCUT2D eigenvalue weighted by Gasteiger charge is 2.38. The molecule has 2 saturated heterocycles. The molecule has 3 rings (SSSR count). The topological polar surface area (TPSA) is 9.23 Å². The Labute approximate surface area is 112 Å². The standard InChI is InChI=1S/C14H18OS2/c1-15-11-4-2-10(3-5-11)14-12-6-8-16-13(12)7-9-17-14/h2-5,12-14H,6-9H2,1H3/t12-,13+,14+/m1/s1. The van der Waals surface area contributed by atoms with Crippen LogP contribution in [0.25, 0.3) is 0 Å². The number of rotatable bonds is 2. The lowest BCUT2D eigenvalue weighted by Gasteiger charge is -2.33. The van der Waals surface area contributed by atoms with E-state index in [9.17, 15) is 0 Å². The van der Waals surface area contributed by atoms with Crippen molar-refractivity contribution in [2.24, 2.45) is 5.92 Å². The maximum atomic E-state index is 5.23. The van der Waals surface area contributed by atoms with E-state index in [1.807, 2.05) is 0 Å². The van der Waals surface area contributed by atoms with Gasteiger partial charge >= 0.3 is 0 Å². The van der Waals surface area contributed by atoms with E-state index >= 15 is 0 Å². The first-order valence-electron chi connectivity index (χ1n) is 6.25. The van der Waals surface area contributed by atoms with E-state index < -0.39 is 0 Å². The number of hydrogen-bond acceptors (Lipinski definition) is 3. The van der Waals surface area contributed by atoms with Gasteiger partial charge in [-0.25, -0.2) is 0 Å². The lowest BCUT2D eigenvalue weighted by atomic mass is 9.91. The molecule has 1 aromatic carbocycles. The van der Waals surface area contributed by atoms with Gasteiger partial charge in [0.1, 0.15) is 5.75 Å². The quantitative estimate of drug-likeness (QED) is 0.801. The number of thioether (sulfide) groups is 2. The third-order valence-corrected chi connectivity index (χ3v) is 6.73. The highest BCUT2D eigenvalue weighted by Crippen LogP contribution is 2.52. The largest absolute Gasteiger partial charge is 0.497 e. The molecule has 0 N–H and O–H groups in total. The lowest BCUT2D eigenvalue weighted by Crippen LogP contribution is -2.24. The molecule has 2 aliphatic rings. The number of methoxy groups -OCH3 is 1. The Bertz CT molecular complexity index is 376. The van der Waals surface area contributed by atoms with Gasteiger partial charge in [-0.1, -0.05) is 12.1 Å². The van der Waals surface area contributed by atoms with Crippen molar-refractivity contribution in [1.29, 1.82) is 0 Å². The van der Waals surface area contributed by atoms with Gasteiger partial charge in [-0.3, -0.25) is 0 Å². The molecule has 0 bridgehead atoms. The summed E-state index contributed by atoms with van der Waals surface area (Å²) in [5.74, 6) is 4.55.